The maximum absolute atomic E-state index is 12.5. The molecule has 0 saturated heterocycles. The molecular weight excluding hydrogens is 280 g/mol. The number of carbonyl (C=O) groups is 1. The quantitative estimate of drug-likeness (QED) is 0.890. The molecule has 6 nitrogen and oxygen atoms in total. The molecule has 0 bridgehead atoms. The zero-order valence-corrected chi connectivity index (χ0v) is 12.8. The lowest BCUT2D eigenvalue weighted by Crippen LogP contribution is -2.19. The van der Waals surface area contributed by atoms with Gasteiger partial charge >= 0.3 is 0 Å². The van der Waals surface area contributed by atoms with Crippen molar-refractivity contribution in [2.75, 3.05) is 11.9 Å². The molecule has 0 spiro atoms. The molecule has 1 aliphatic rings. The molecule has 1 saturated carbocycles. The summed E-state index contributed by atoms with van der Waals surface area (Å²) in [5.74, 6) is 1.48. The van der Waals surface area contributed by atoms with Crippen LogP contribution in [0.4, 0.5) is 5.82 Å². The number of anilines is 1. The van der Waals surface area contributed by atoms with Crippen LogP contribution in [0.15, 0.2) is 30.6 Å². The summed E-state index contributed by atoms with van der Waals surface area (Å²) >= 11 is 0. The van der Waals surface area contributed by atoms with Crippen LogP contribution < -0.4 is 10.1 Å². The topological polar surface area (TPSA) is 69.0 Å². The molecule has 2 aromatic rings. The zero-order chi connectivity index (χ0) is 15.5. The van der Waals surface area contributed by atoms with Gasteiger partial charge in [0.2, 0.25) is 5.88 Å². The minimum absolute atomic E-state index is 0.235. The minimum Gasteiger partial charge on any atom is -0.477 e. The molecule has 0 aliphatic heterocycles. The number of ether oxygens (including phenoxy) is 1. The van der Waals surface area contributed by atoms with Crippen molar-refractivity contribution in [1.82, 2.24) is 14.8 Å². The Labute approximate surface area is 129 Å². The second-order valence-electron chi connectivity index (χ2n) is 5.48. The normalized spacial score (nSPS) is 15.4. The van der Waals surface area contributed by atoms with E-state index in [-0.39, 0.29) is 5.91 Å². The molecule has 1 atom stereocenters. The van der Waals surface area contributed by atoms with Gasteiger partial charge in [-0.1, -0.05) is 0 Å². The summed E-state index contributed by atoms with van der Waals surface area (Å²) < 4.78 is 7.29. The van der Waals surface area contributed by atoms with Gasteiger partial charge in [0.05, 0.1) is 18.8 Å². The van der Waals surface area contributed by atoms with Gasteiger partial charge < -0.3 is 10.1 Å². The molecule has 116 valence electrons. The first-order valence-corrected chi connectivity index (χ1v) is 7.63. The summed E-state index contributed by atoms with van der Waals surface area (Å²) in [6.45, 7) is 4.46. The van der Waals surface area contributed by atoms with Crippen LogP contribution in [0.1, 0.15) is 43.1 Å². The van der Waals surface area contributed by atoms with E-state index in [1.165, 1.54) is 12.8 Å². The van der Waals surface area contributed by atoms with Gasteiger partial charge in [0, 0.05) is 12.3 Å². The van der Waals surface area contributed by atoms with Crippen LogP contribution in [-0.4, -0.2) is 27.3 Å². The molecule has 22 heavy (non-hydrogen) atoms. The highest BCUT2D eigenvalue weighted by atomic mass is 16.5. The molecule has 1 N–H and O–H groups in total. The number of nitrogens with one attached hydrogen (secondary N) is 1. The first kappa shape index (κ1) is 14.6. The van der Waals surface area contributed by atoms with E-state index in [2.05, 4.69) is 22.3 Å². The van der Waals surface area contributed by atoms with Gasteiger partial charge in [0.15, 0.2) is 0 Å². The van der Waals surface area contributed by atoms with Crippen molar-refractivity contribution in [3.8, 4) is 5.88 Å². The third kappa shape index (κ3) is 2.95. The van der Waals surface area contributed by atoms with Crippen LogP contribution in [0.5, 0.6) is 5.88 Å². The Bertz CT molecular complexity index is 664. The van der Waals surface area contributed by atoms with Crippen molar-refractivity contribution in [2.45, 2.75) is 32.7 Å². The highest BCUT2D eigenvalue weighted by Crippen LogP contribution is 2.40. The number of hydrogen-bond acceptors (Lipinski definition) is 4. The molecule has 1 amide bonds. The van der Waals surface area contributed by atoms with Crippen LogP contribution in [-0.2, 0) is 0 Å². The second kappa shape index (κ2) is 6.17. The lowest BCUT2D eigenvalue weighted by Gasteiger charge is -2.15. The fourth-order valence-corrected chi connectivity index (χ4v) is 2.52. The monoisotopic (exact) mass is 300 g/mol. The molecule has 1 fully saturated rings. The number of rotatable bonds is 6. The average Bonchev–Trinajstić information content (AvgIpc) is 3.27. The van der Waals surface area contributed by atoms with Crippen LogP contribution in [0.3, 0.4) is 0 Å². The van der Waals surface area contributed by atoms with E-state index in [1.54, 1.807) is 24.5 Å². The zero-order valence-electron chi connectivity index (χ0n) is 12.8. The van der Waals surface area contributed by atoms with Crippen molar-refractivity contribution in [2.24, 2.45) is 5.92 Å². The molecule has 2 aromatic heterocycles. The summed E-state index contributed by atoms with van der Waals surface area (Å²) in [6, 6.07) is 5.54. The molecular formula is C16H20N4O2. The van der Waals surface area contributed by atoms with Gasteiger partial charge in [-0.05, 0) is 44.7 Å². The van der Waals surface area contributed by atoms with Crippen molar-refractivity contribution < 1.29 is 9.53 Å². The van der Waals surface area contributed by atoms with Gasteiger partial charge in [-0.15, -0.1) is 0 Å². The number of hydrogen-bond donors (Lipinski definition) is 1. The lowest BCUT2D eigenvalue weighted by molar-refractivity contribution is 0.102. The van der Waals surface area contributed by atoms with E-state index in [0.717, 1.165) is 0 Å². The Hall–Kier alpha value is -2.37. The standard InChI is InChI=1S/C16H20N4O2/c1-3-22-16-13(5-4-9-17-16)15(21)19-14-8-10-18-20(14)11(2)12-6-7-12/h4-5,8-12H,3,6-7H2,1-2H3,(H,19,21)/t11-/m1/s1. The van der Waals surface area contributed by atoms with Crippen molar-refractivity contribution in [1.29, 1.82) is 0 Å². The van der Waals surface area contributed by atoms with Crippen LogP contribution in [0.2, 0.25) is 0 Å². The summed E-state index contributed by atoms with van der Waals surface area (Å²) in [5, 5.41) is 7.25. The summed E-state index contributed by atoms with van der Waals surface area (Å²) in [6.07, 6.45) is 5.78. The summed E-state index contributed by atoms with van der Waals surface area (Å²) in [7, 11) is 0. The maximum atomic E-state index is 12.5. The van der Waals surface area contributed by atoms with E-state index in [9.17, 15) is 4.79 Å². The fraction of sp³-hybridized carbons (Fsp3) is 0.438. The Morgan fingerprint density at radius 2 is 2.27 bits per heavy atom. The minimum atomic E-state index is -0.235. The van der Waals surface area contributed by atoms with E-state index in [4.69, 9.17) is 4.74 Å². The fourth-order valence-electron chi connectivity index (χ4n) is 2.52. The highest BCUT2D eigenvalue weighted by molar-refractivity contribution is 6.05. The number of aromatic nitrogens is 3. The number of pyridine rings is 1. The van der Waals surface area contributed by atoms with Crippen LogP contribution in [0.25, 0.3) is 0 Å². The molecule has 3 rings (SSSR count). The summed E-state index contributed by atoms with van der Waals surface area (Å²) in [4.78, 5) is 16.6. The summed E-state index contributed by atoms with van der Waals surface area (Å²) in [5.41, 5.74) is 0.427. The Morgan fingerprint density at radius 3 is 3.00 bits per heavy atom. The van der Waals surface area contributed by atoms with Crippen molar-refractivity contribution in [3.05, 3.63) is 36.2 Å². The molecule has 2 heterocycles. The van der Waals surface area contributed by atoms with Gasteiger partial charge in [0.25, 0.3) is 5.91 Å². The third-order valence-corrected chi connectivity index (χ3v) is 3.90. The number of carbonyl (C=O) groups excluding carboxylic acids is 1. The first-order valence-electron chi connectivity index (χ1n) is 7.63. The average molecular weight is 300 g/mol. The van der Waals surface area contributed by atoms with Crippen molar-refractivity contribution >= 4 is 11.7 Å². The van der Waals surface area contributed by atoms with Crippen LogP contribution in [0, 0.1) is 5.92 Å². The molecule has 1 aliphatic carbocycles. The number of amides is 1. The third-order valence-electron chi connectivity index (χ3n) is 3.90. The van der Waals surface area contributed by atoms with Gasteiger partial charge in [-0.25, -0.2) is 9.67 Å². The van der Waals surface area contributed by atoms with E-state index >= 15 is 0 Å². The molecule has 6 heteroatoms. The van der Waals surface area contributed by atoms with Gasteiger partial charge in [-0.2, -0.15) is 5.10 Å². The van der Waals surface area contributed by atoms with Crippen molar-refractivity contribution in [3.63, 3.8) is 0 Å². The molecule has 0 aromatic carbocycles. The van der Waals surface area contributed by atoms with Crippen LogP contribution >= 0.6 is 0 Å². The number of nitrogens with zero attached hydrogens (tertiary/aromatic N) is 3. The SMILES string of the molecule is CCOc1ncccc1C(=O)Nc1ccnn1[C@H](C)C1CC1. The lowest BCUT2D eigenvalue weighted by atomic mass is 10.2. The Kier molecular flexibility index (Phi) is 4.09. The Morgan fingerprint density at radius 1 is 1.45 bits per heavy atom. The van der Waals surface area contributed by atoms with Gasteiger partial charge in [-0.3, -0.25) is 4.79 Å². The highest BCUT2D eigenvalue weighted by Gasteiger charge is 2.31. The van der Waals surface area contributed by atoms with E-state index < -0.39 is 0 Å². The van der Waals surface area contributed by atoms with E-state index in [1.807, 2.05) is 17.7 Å². The predicted molar refractivity (Wildman–Crippen MR) is 83.0 cm³/mol. The Balaban J connectivity index is 1.79. The molecule has 0 unspecified atom stereocenters. The predicted octanol–water partition coefficient (Wildman–Crippen LogP) is 2.90. The first-order chi connectivity index (χ1) is 10.7. The second-order valence-corrected chi connectivity index (χ2v) is 5.48. The molecule has 0 radical (unpaired) electrons. The smallest absolute Gasteiger partial charge is 0.262 e. The van der Waals surface area contributed by atoms with Gasteiger partial charge in [0.1, 0.15) is 11.4 Å². The largest absolute Gasteiger partial charge is 0.477 e. The van der Waals surface area contributed by atoms with E-state index in [0.29, 0.717) is 35.8 Å². The maximum Gasteiger partial charge on any atom is 0.262 e.